The molecule has 0 spiro atoms. The first-order valence-corrected chi connectivity index (χ1v) is 8.63. The first-order chi connectivity index (χ1) is 10.6. The van der Waals surface area contributed by atoms with Crippen LogP contribution in [0.1, 0.15) is 5.56 Å². The zero-order chi connectivity index (χ0) is 15.5. The molecule has 0 bridgehead atoms. The molecule has 1 heterocycles. The fourth-order valence-corrected chi connectivity index (χ4v) is 3.23. The van der Waals surface area contributed by atoms with E-state index in [-0.39, 0.29) is 0 Å². The van der Waals surface area contributed by atoms with E-state index < -0.39 is 0 Å². The normalized spacial score (nSPS) is 10.8. The van der Waals surface area contributed by atoms with Gasteiger partial charge in [-0.25, -0.2) is 4.68 Å². The third kappa shape index (κ3) is 3.29. The average molecular weight is 396 g/mol. The molecule has 4 nitrogen and oxygen atoms in total. The Labute approximate surface area is 145 Å². The molecule has 3 rings (SSSR count). The molecule has 0 saturated heterocycles. The van der Waals surface area contributed by atoms with Crippen LogP contribution >= 0.6 is 39.3 Å². The zero-order valence-corrected chi connectivity index (χ0v) is 14.6. The summed E-state index contributed by atoms with van der Waals surface area (Å²) in [6.45, 7) is 0. The Balaban J connectivity index is 1.79. The molecule has 1 aromatic heterocycles. The van der Waals surface area contributed by atoms with Crippen molar-refractivity contribution in [2.45, 2.75) is 10.9 Å². The van der Waals surface area contributed by atoms with E-state index in [1.165, 1.54) is 22.0 Å². The minimum absolute atomic E-state index is 0.559. The van der Waals surface area contributed by atoms with E-state index >= 15 is 0 Å². The van der Waals surface area contributed by atoms with E-state index in [1.807, 2.05) is 30.3 Å². The number of benzene rings is 2. The molecule has 7 heteroatoms. The molecule has 22 heavy (non-hydrogen) atoms. The molecule has 2 N–H and O–H groups in total. The number of aromatic nitrogens is 3. The molecule has 0 fully saturated rings. The zero-order valence-electron chi connectivity index (χ0n) is 11.4. The van der Waals surface area contributed by atoms with Crippen LogP contribution in [0.25, 0.3) is 11.4 Å². The molecule has 0 aliphatic rings. The standard InChI is InChI=1S/C15H12BrClN4S/c16-11-7-5-10(6-8-11)9-22-15-20-19-14(21(15)18)12-3-1-2-4-13(12)17/h1-8H,9,18H2. The van der Waals surface area contributed by atoms with Gasteiger partial charge in [0.1, 0.15) is 0 Å². The number of nitrogens with zero attached hydrogens (tertiary/aromatic N) is 3. The van der Waals surface area contributed by atoms with Crippen LogP contribution in [-0.4, -0.2) is 14.9 Å². The Hall–Kier alpha value is -1.50. The third-order valence-electron chi connectivity index (χ3n) is 3.06. The Morgan fingerprint density at radius 3 is 2.55 bits per heavy atom. The van der Waals surface area contributed by atoms with Gasteiger partial charge >= 0.3 is 0 Å². The maximum absolute atomic E-state index is 6.18. The lowest BCUT2D eigenvalue weighted by molar-refractivity contribution is 0.849. The van der Waals surface area contributed by atoms with Crippen LogP contribution in [0.2, 0.25) is 5.02 Å². The maximum Gasteiger partial charge on any atom is 0.210 e. The molecule has 0 saturated carbocycles. The molecule has 112 valence electrons. The van der Waals surface area contributed by atoms with Gasteiger partial charge in [-0.15, -0.1) is 10.2 Å². The lowest BCUT2D eigenvalue weighted by Gasteiger charge is -2.05. The van der Waals surface area contributed by atoms with E-state index in [4.69, 9.17) is 17.4 Å². The minimum atomic E-state index is 0.559. The van der Waals surface area contributed by atoms with Crippen LogP contribution in [-0.2, 0) is 5.75 Å². The second-order valence-corrected chi connectivity index (χ2v) is 6.84. The summed E-state index contributed by atoms with van der Waals surface area (Å²) in [6, 6.07) is 15.6. The molecule has 0 amide bonds. The van der Waals surface area contributed by atoms with Crippen molar-refractivity contribution in [3.8, 4) is 11.4 Å². The molecule has 0 radical (unpaired) electrons. The van der Waals surface area contributed by atoms with Gasteiger partial charge in [-0.2, -0.15) is 0 Å². The maximum atomic E-state index is 6.18. The van der Waals surface area contributed by atoms with E-state index in [0.29, 0.717) is 16.0 Å². The average Bonchev–Trinajstić information content (AvgIpc) is 2.88. The van der Waals surface area contributed by atoms with Crippen LogP contribution < -0.4 is 5.84 Å². The number of nitrogen functional groups attached to an aromatic ring is 1. The van der Waals surface area contributed by atoms with Crippen molar-refractivity contribution in [3.05, 3.63) is 63.6 Å². The van der Waals surface area contributed by atoms with Gasteiger partial charge in [-0.1, -0.05) is 63.6 Å². The summed E-state index contributed by atoms with van der Waals surface area (Å²) in [6.07, 6.45) is 0. The summed E-state index contributed by atoms with van der Waals surface area (Å²) < 4.78 is 2.54. The number of hydrogen-bond acceptors (Lipinski definition) is 4. The Kier molecular flexibility index (Phi) is 4.71. The second kappa shape index (κ2) is 6.73. The SMILES string of the molecule is Nn1c(SCc2ccc(Br)cc2)nnc1-c1ccccc1Cl. The van der Waals surface area contributed by atoms with Crippen molar-refractivity contribution in [3.63, 3.8) is 0 Å². The first-order valence-electron chi connectivity index (χ1n) is 6.48. The topological polar surface area (TPSA) is 56.7 Å². The van der Waals surface area contributed by atoms with Crippen LogP contribution in [0.5, 0.6) is 0 Å². The molecule has 3 aromatic rings. The van der Waals surface area contributed by atoms with Gasteiger partial charge < -0.3 is 5.84 Å². The van der Waals surface area contributed by atoms with E-state index in [0.717, 1.165) is 15.8 Å². The predicted molar refractivity (Wildman–Crippen MR) is 94.3 cm³/mol. The summed E-state index contributed by atoms with van der Waals surface area (Å²) in [5.41, 5.74) is 1.96. The summed E-state index contributed by atoms with van der Waals surface area (Å²) >= 11 is 11.1. The lowest BCUT2D eigenvalue weighted by atomic mass is 10.2. The monoisotopic (exact) mass is 394 g/mol. The Morgan fingerprint density at radius 1 is 1.09 bits per heavy atom. The van der Waals surface area contributed by atoms with Crippen molar-refractivity contribution in [1.82, 2.24) is 14.9 Å². The lowest BCUT2D eigenvalue weighted by Crippen LogP contribution is -2.11. The largest absolute Gasteiger partial charge is 0.335 e. The van der Waals surface area contributed by atoms with Crippen LogP contribution in [0.15, 0.2) is 58.2 Å². The fourth-order valence-electron chi connectivity index (χ4n) is 1.93. The summed E-state index contributed by atoms with van der Waals surface area (Å²) in [5, 5.41) is 9.55. The third-order valence-corrected chi connectivity index (χ3v) is 4.93. The highest BCUT2D eigenvalue weighted by Gasteiger charge is 2.14. The molecule has 0 atom stereocenters. The molecular weight excluding hydrogens is 384 g/mol. The number of rotatable bonds is 4. The van der Waals surface area contributed by atoms with Gasteiger partial charge in [0.25, 0.3) is 0 Å². The van der Waals surface area contributed by atoms with Crippen molar-refractivity contribution in [2.75, 3.05) is 5.84 Å². The molecule has 2 aromatic carbocycles. The van der Waals surface area contributed by atoms with Crippen molar-refractivity contribution >= 4 is 39.3 Å². The molecule has 0 aliphatic carbocycles. The van der Waals surface area contributed by atoms with E-state index in [9.17, 15) is 0 Å². The van der Waals surface area contributed by atoms with Gasteiger partial charge in [-0.3, -0.25) is 0 Å². The highest BCUT2D eigenvalue weighted by Crippen LogP contribution is 2.28. The summed E-state index contributed by atoms with van der Waals surface area (Å²) in [5.74, 6) is 7.43. The second-order valence-electron chi connectivity index (χ2n) is 4.57. The smallest absolute Gasteiger partial charge is 0.210 e. The van der Waals surface area contributed by atoms with Crippen molar-refractivity contribution in [2.24, 2.45) is 0 Å². The number of thioether (sulfide) groups is 1. The molecular formula is C15H12BrClN4S. The Bertz CT molecular complexity index is 788. The van der Waals surface area contributed by atoms with Crippen molar-refractivity contribution < 1.29 is 0 Å². The highest BCUT2D eigenvalue weighted by molar-refractivity contribution is 9.10. The molecule has 0 unspecified atom stereocenters. The predicted octanol–water partition coefficient (Wildman–Crippen LogP) is 4.37. The number of hydrogen-bond donors (Lipinski definition) is 1. The minimum Gasteiger partial charge on any atom is -0.335 e. The number of nitrogens with two attached hydrogens (primary N) is 1. The van der Waals surface area contributed by atoms with Gasteiger partial charge in [0.15, 0.2) is 5.82 Å². The highest BCUT2D eigenvalue weighted by atomic mass is 79.9. The molecule has 0 aliphatic heterocycles. The van der Waals surface area contributed by atoms with Crippen LogP contribution in [0, 0.1) is 0 Å². The van der Waals surface area contributed by atoms with Crippen LogP contribution in [0.4, 0.5) is 0 Å². The quantitative estimate of drug-likeness (QED) is 0.526. The summed E-state index contributed by atoms with van der Waals surface area (Å²) in [4.78, 5) is 0. The van der Waals surface area contributed by atoms with Crippen molar-refractivity contribution in [1.29, 1.82) is 0 Å². The summed E-state index contributed by atoms with van der Waals surface area (Å²) in [7, 11) is 0. The van der Waals surface area contributed by atoms with Gasteiger partial charge in [-0.05, 0) is 29.8 Å². The first kappa shape index (κ1) is 15.4. The fraction of sp³-hybridized carbons (Fsp3) is 0.0667. The van der Waals surface area contributed by atoms with Gasteiger partial charge in [0, 0.05) is 15.8 Å². The van der Waals surface area contributed by atoms with Crippen LogP contribution in [0.3, 0.4) is 0 Å². The van der Waals surface area contributed by atoms with Gasteiger partial charge in [0.2, 0.25) is 5.16 Å². The number of halogens is 2. The van der Waals surface area contributed by atoms with Gasteiger partial charge in [0.05, 0.1) is 5.02 Å². The van der Waals surface area contributed by atoms with E-state index in [2.05, 4.69) is 38.3 Å². The van der Waals surface area contributed by atoms with E-state index in [1.54, 1.807) is 6.07 Å². The Morgan fingerprint density at radius 2 is 1.82 bits per heavy atom.